The summed E-state index contributed by atoms with van der Waals surface area (Å²) in [6, 6.07) is -0.893. The van der Waals surface area contributed by atoms with E-state index in [-0.39, 0.29) is 18.9 Å². The zero-order valence-corrected chi connectivity index (χ0v) is 67.4. The fraction of sp³-hybridized carbons (Fsp3) is 0.875. The van der Waals surface area contributed by atoms with Crippen molar-refractivity contribution in [2.75, 3.05) is 26.4 Å². The van der Waals surface area contributed by atoms with Crippen LogP contribution in [0.15, 0.2) is 60.8 Å². The minimum absolute atomic E-state index is 0.241. The first-order chi connectivity index (χ1) is 52.3. The minimum atomic E-state index is -1.98. The highest BCUT2D eigenvalue weighted by Gasteiger charge is 2.54. The highest BCUT2D eigenvalue weighted by Crippen LogP contribution is 2.34. The molecule has 0 aliphatic carbocycles. The summed E-state index contributed by atoms with van der Waals surface area (Å²) < 4.78 is 34.6. The molecule has 107 heavy (non-hydrogen) atoms. The number of amides is 1. The lowest BCUT2D eigenvalue weighted by atomic mass is 9.96. The van der Waals surface area contributed by atoms with Crippen molar-refractivity contribution in [1.29, 1.82) is 0 Å². The zero-order valence-electron chi connectivity index (χ0n) is 67.4. The average molecular weight is 1520 g/mol. The normalized spacial score (nSPS) is 25.8. The van der Waals surface area contributed by atoms with Gasteiger partial charge in [0.05, 0.1) is 38.6 Å². The highest BCUT2D eigenvalue weighted by molar-refractivity contribution is 5.76. The molecule has 0 aromatic rings. The Morgan fingerprint density at radius 3 is 1.01 bits per heavy atom. The molecule has 3 fully saturated rings. The fourth-order valence-electron chi connectivity index (χ4n) is 14.9. The van der Waals surface area contributed by atoms with E-state index in [0.717, 1.165) is 83.5 Å². The molecule has 3 aliphatic rings. The highest BCUT2D eigenvalue weighted by atomic mass is 16.8. The molecule has 3 heterocycles. The molecule has 0 spiro atoms. The Morgan fingerprint density at radius 2 is 0.645 bits per heavy atom. The Kier molecular flexibility index (Phi) is 62.7. The van der Waals surface area contributed by atoms with Crippen LogP contribution in [-0.2, 0) is 33.2 Å². The van der Waals surface area contributed by atoms with Crippen molar-refractivity contribution in [2.45, 2.75) is 465 Å². The molecule has 3 saturated heterocycles. The third-order valence-corrected chi connectivity index (χ3v) is 21.9. The van der Waals surface area contributed by atoms with Crippen LogP contribution in [0.2, 0.25) is 0 Å². The molecule has 0 aromatic carbocycles. The van der Waals surface area contributed by atoms with E-state index in [1.54, 1.807) is 0 Å². The van der Waals surface area contributed by atoms with Gasteiger partial charge in [-0.1, -0.05) is 357 Å². The number of carbonyl (C=O) groups excluding carboxylic acids is 1. The Balaban J connectivity index is 1.33. The molecule has 17 unspecified atom stereocenters. The number of rotatable bonds is 71. The van der Waals surface area contributed by atoms with E-state index in [1.165, 1.54) is 244 Å². The third-order valence-electron chi connectivity index (χ3n) is 21.9. The summed E-state index contributed by atoms with van der Waals surface area (Å²) in [5.41, 5.74) is 0. The van der Waals surface area contributed by atoms with Gasteiger partial charge in [0.1, 0.15) is 73.2 Å². The minimum Gasteiger partial charge on any atom is -0.394 e. The molecule has 0 radical (unpaired) electrons. The van der Waals surface area contributed by atoms with Crippen LogP contribution in [0, 0.1) is 0 Å². The molecule has 3 rings (SSSR count). The summed E-state index contributed by atoms with van der Waals surface area (Å²) in [6.07, 6.45) is 61.8. The lowest BCUT2D eigenvalue weighted by molar-refractivity contribution is -0.379. The van der Waals surface area contributed by atoms with Crippen LogP contribution in [0.4, 0.5) is 0 Å². The van der Waals surface area contributed by atoms with Gasteiger partial charge in [0.25, 0.3) is 0 Å². The SMILES string of the molecule is CC/C=C\C/C=C\C/C=C\C/C=C\C/C=C\CCCCCCCCCCCCCCCC(=O)NC(COC1OC(CO)C(OC2OC(CO)C(OC3OC(CO)C(O)C(O)C3O)C(O)C2O)C(O)C1O)C(O)CCCCCCCCCCCCCCCCCCCCCCCCCCCCCCCCCCC. The summed E-state index contributed by atoms with van der Waals surface area (Å²) in [5.74, 6) is -0.241. The zero-order chi connectivity index (χ0) is 77.4. The number of hydrogen-bond acceptors (Lipinski definition) is 18. The van der Waals surface area contributed by atoms with Crippen LogP contribution in [0.5, 0.6) is 0 Å². The molecule has 19 heteroatoms. The van der Waals surface area contributed by atoms with Crippen molar-refractivity contribution >= 4 is 5.91 Å². The molecular weight excluding hydrogens is 1360 g/mol. The van der Waals surface area contributed by atoms with Crippen molar-refractivity contribution in [3.63, 3.8) is 0 Å². The number of aliphatic hydroxyl groups is 11. The lowest BCUT2D eigenvalue weighted by Crippen LogP contribution is -2.66. The molecule has 626 valence electrons. The second-order valence-corrected chi connectivity index (χ2v) is 31.3. The number of ether oxygens (including phenoxy) is 6. The summed E-state index contributed by atoms with van der Waals surface area (Å²) in [7, 11) is 0. The molecule has 0 bridgehead atoms. The van der Waals surface area contributed by atoms with E-state index < -0.39 is 124 Å². The van der Waals surface area contributed by atoms with Crippen LogP contribution >= 0.6 is 0 Å². The number of allylic oxidation sites excluding steroid dienone is 10. The van der Waals surface area contributed by atoms with Crippen molar-refractivity contribution in [2.24, 2.45) is 0 Å². The predicted molar refractivity (Wildman–Crippen MR) is 429 cm³/mol. The fourth-order valence-corrected chi connectivity index (χ4v) is 14.9. The van der Waals surface area contributed by atoms with Crippen LogP contribution in [0.25, 0.3) is 0 Å². The van der Waals surface area contributed by atoms with Gasteiger partial charge in [-0.15, -0.1) is 0 Å². The summed E-state index contributed by atoms with van der Waals surface area (Å²) in [4.78, 5) is 13.5. The van der Waals surface area contributed by atoms with Crippen molar-refractivity contribution in [1.82, 2.24) is 5.32 Å². The van der Waals surface area contributed by atoms with E-state index in [9.17, 15) is 61.0 Å². The number of carbonyl (C=O) groups is 1. The first kappa shape index (κ1) is 98.7. The van der Waals surface area contributed by atoms with Gasteiger partial charge >= 0.3 is 0 Å². The first-order valence-electron chi connectivity index (χ1n) is 44.0. The molecule has 1 amide bonds. The van der Waals surface area contributed by atoms with Crippen molar-refractivity contribution < 1.29 is 89.4 Å². The topological polar surface area (TPSA) is 307 Å². The second kappa shape index (κ2) is 67.9. The quantitative estimate of drug-likeness (QED) is 0.0199. The maximum absolute atomic E-state index is 13.5. The number of unbranched alkanes of at least 4 members (excludes halogenated alkanes) is 45. The summed E-state index contributed by atoms with van der Waals surface area (Å²) in [6.45, 7) is 1.74. The van der Waals surface area contributed by atoms with Gasteiger partial charge in [0.2, 0.25) is 5.91 Å². The van der Waals surface area contributed by atoms with Gasteiger partial charge in [0.15, 0.2) is 18.9 Å². The molecule has 0 saturated carbocycles. The monoisotopic (exact) mass is 1520 g/mol. The van der Waals surface area contributed by atoms with Gasteiger partial charge in [-0.2, -0.15) is 0 Å². The van der Waals surface area contributed by atoms with Gasteiger partial charge in [-0.25, -0.2) is 0 Å². The maximum atomic E-state index is 13.5. The number of nitrogens with one attached hydrogen (secondary N) is 1. The maximum Gasteiger partial charge on any atom is 0.220 e. The summed E-state index contributed by atoms with van der Waals surface area (Å²) >= 11 is 0. The molecule has 0 aromatic heterocycles. The number of hydrogen-bond donors (Lipinski definition) is 12. The van der Waals surface area contributed by atoms with E-state index in [0.29, 0.717) is 12.8 Å². The molecular formula is C88H161NO18. The van der Waals surface area contributed by atoms with Gasteiger partial charge in [-0.05, 0) is 57.8 Å². The average Bonchev–Trinajstić information content (AvgIpc) is 0.781. The van der Waals surface area contributed by atoms with Crippen LogP contribution in [0.3, 0.4) is 0 Å². The van der Waals surface area contributed by atoms with E-state index in [1.807, 2.05) is 0 Å². The van der Waals surface area contributed by atoms with Crippen LogP contribution in [-0.4, -0.2) is 193 Å². The molecule has 3 aliphatic heterocycles. The van der Waals surface area contributed by atoms with E-state index >= 15 is 0 Å². The predicted octanol–water partition coefficient (Wildman–Crippen LogP) is 16.2. The molecule has 12 N–H and O–H groups in total. The Labute approximate surface area is 649 Å². The lowest BCUT2D eigenvalue weighted by Gasteiger charge is -2.48. The Bertz CT molecular complexity index is 2160. The van der Waals surface area contributed by atoms with Crippen LogP contribution in [0.1, 0.15) is 361 Å². The van der Waals surface area contributed by atoms with Crippen LogP contribution < -0.4 is 5.32 Å². The largest absolute Gasteiger partial charge is 0.394 e. The smallest absolute Gasteiger partial charge is 0.220 e. The Morgan fingerprint density at radius 1 is 0.346 bits per heavy atom. The van der Waals surface area contributed by atoms with Crippen molar-refractivity contribution in [3.8, 4) is 0 Å². The number of aliphatic hydroxyl groups excluding tert-OH is 11. The second-order valence-electron chi connectivity index (χ2n) is 31.3. The molecule has 19 nitrogen and oxygen atoms in total. The first-order valence-corrected chi connectivity index (χ1v) is 44.0. The van der Waals surface area contributed by atoms with E-state index in [4.69, 9.17) is 28.4 Å². The van der Waals surface area contributed by atoms with Gasteiger partial charge in [-0.3, -0.25) is 4.79 Å². The van der Waals surface area contributed by atoms with Crippen molar-refractivity contribution in [3.05, 3.63) is 60.8 Å². The standard InChI is InChI=1S/C88H161NO18/c1-3-5-7-9-11-13-15-17-19-21-23-25-27-29-31-33-34-35-36-38-39-41-43-45-47-49-51-53-55-57-59-61-63-65-72(93)71(89-76(94)66-64-62-60-58-56-54-52-50-48-46-44-42-40-37-32-30-28-26-24-22-20-18-16-14-12-10-8-6-4-2)70-102-86-82(100)79(97)84(74(68-91)104-86)107-88-83(101)80(98)85(75(69-92)105-88)106-87-81(99)78(96)77(95)73(67-90)103-87/h6,8,12,14,18,20,24,26,30,32,71-75,77-88,90-93,95-101H,3-5,7,9-11,13,15-17,19,21-23,25,27-29,31,33-70H2,1-2H3,(H,89,94)/b8-6-,14-12-,20-18-,26-24-,32-30-. The van der Waals surface area contributed by atoms with Gasteiger partial charge in [0, 0.05) is 6.42 Å². The van der Waals surface area contributed by atoms with E-state index in [2.05, 4.69) is 79.9 Å². The third kappa shape index (κ3) is 47.1. The summed E-state index contributed by atoms with van der Waals surface area (Å²) in [5, 5.41) is 121. The molecule has 17 atom stereocenters. The van der Waals surface area contributed by atoms with Gasteiger partial charge < -0.3 is 89.9 Å². The Hall–Kier alpha value is -2.51.